The van der Waals surface area contributed by atoms with Gasteiger partial charge in [-0.15, -0.1) is 0 Å². The van der Waals surface area contributed by atoms with E-state index < -0.39 is 36.1 Å². The summed E-state index contributed by atoms with van der Waals surface area (Å²) in [6.45, 7) is 6.76. The summed E-state index contributed by atoms with van der Waals surface area (Å²) in [5.41, 5.74) is -0.0359. The zero-order valence-corrected chi connectivity index (χ0v) is 25.0. The maximum atomic E-state index is 12.5. The number of hydrogen-bond acceptors (Lipinski definition) is 4. The van der Waals surface area contributed by atoms with Crippen LogP contribution < -0.4 is 0 Å². The molecule has 0 aromatic heterocycles. The second-order valence-electron chi connectivity index (χ2n) is 11.3. The van der Waals surface area contributed by atoms with E-state index in [2.05, 4.69) is 13.8 Å². The van der Waals surface area contributed by atoms with Crippen molar-refractivity contribution < 1.29 is 45.3 Å². The van der Waals surface area contributed by atoms with Gasteiger partial charge in [0.25, 0.3) is 0 Å². The molecule has 2 aliphatic rings. The molecule has 0 unspecified atom stereocenters. The number of ether oxygens (including phenoxy) is 4. The third kappa shape index (κ3) is 12.0. The van der Waals surface area contributed by atoms with Gasteiger partial charge in [-0.2, -0.15) is 26.3 Å². The smallest absolute Gasteiger partial charge is 0.348 e. The van der Waals surface area contributed by atoms with Gasteiger partial charge in [-0.25, -0.2) is 0 Å². The zero-order valence-electron chi connectivity index (χ0n) is 25.0. The monoisotopic (exact) mass is 618 g/mol. The van der Waals surface area contributed by atoms with E-state index in [4.69, 9.17) is 18.9 Å². The lowest BCUT2D eigenvalue weighted by atomic mass is 10.0. The van der Waals surface area contributed by atoms with E-state index in [1.807, 2.05) is 0 Å². The SMILES string of the molecule is CCCCC1COC(c2ccc(C(F)(F)F)cc2)OC1.CCCCCCCC1COC(c2ccc(C(F)(F)F)cc2)OC1. The molecule has 0 aliphatic carbocycles. The fourth-order valence-corrected chi connectivity index (χ4v) is 4.99. The Morgan fingerprint density at radius 3 is 1.21 bits per heavy atom. The van der Waals surface area contributed by atoms with Crippen LogP contribution in [0.25, 0.3) is 0 Å². The molecule has 2 saturated heterocycles. The molecule has 0 N–H and O–H groups in total. The number of unbranched alkanes of at least 4 members (excludes halogenated alkanes) is 5. The van der Waals surface area contributed by atoms with Gasteiger partial charge in [-0.05, 0) is 37.1 Å². The number of benzene rings is 2. The molecular formula is C33H44F6O4. The Morgan fingerprint density at radius 1 is 0.512 bits per heavy atom. The molecule has 2 aliphatic heterocycles. The van der Waals surface area contributed by atoms with Gasteiger partial charge in [-0.1, -0.05) is 83.1 Å². The number of halogens is 6. The predicted octanol–water partition coefficient (Wildman–Crippen LogP) is 10.3. The van der Waals surface area contributed by atoms with E-state index in [9.17, 15) is 26.3 Å². The molecule has 0 spiro atoms. The van der Waals surface area contributed by atoms with Crippen LogP contribution in [0.2, 0.25) is 0 Å². The highest BCUT2D eigenvalue weighted by Crippen LogP contribution is 2.33. The third-order valence-electron chi connectivity index (χ3n) is 7.64. The average Bonchev–Trinajstić information content (AvgIpc) is 3.00. The van der Waals surface area contributed by atoms with Crippen LogP contribution >= 0.6 is 0 Å². The van der Waals surface area contributed by atoms with Crippen molar-refractivity contribution in [3.05, 3.63) is 70.8 Å². The summed E-state index contributed by atoms with van der Waals surface area (Å²) in [5.74, 6) is 0.781. The summed E-state index contributed by atoms with van der Waals surface area (Å²) in [6, 6.07) is 9.96. The summed E-state index contributed by atoms with van der Waals surface area (Å²) in [4.78, 5) is 0. The van der Waals surface area contributed by atoms with E-state index in [0.29, 0.717) is 49.4 Å². The standard InChI is InChI=1S/C18H25F3O2.C15H19F3O2/c1-2-3-4-5-6-7-14-12-22-17(23-13-14)15-8-10-16(11-9-15)18(19,20)21;1-2-3-4-11-9-19-14(20-10-11)12-5-7-13(8-6-12)15(16,17)18/h8-11,14,17H,2-7,12-13H2,1H3;5-8,11,14H,2-4,9-10H2,1H3. The minimum Gasteiger partial charge on any atom is -0.348 e. The Balaban J connectivity index is 0.000000238. The van der Waals surface area contributed by atoms with Crippen molar-refractivity contribution in [2.75, 3.05) is 26.4 Å². The molecule has 242 valence electrons. The molecule has 2 aromatic rings. The second kappa shape index (κ2) is 17.4. The Bertz CT molecular complexity index is 1020. The van der Waals surface area contributed by atoms with Crippen molar-refractivity contribution in [2.45, 2.75) is 96.6 Å². The first kappa shape index (κ1) is 35.3. The number of alkyl halides is 6. The van der Waals surface area contributed by atoms with Crippen molar-refractivity contribution in [2.24, 2.45) is 11.8 Å². The first-order valence-electron chi connectivity index (χ1n) is 15.3. The molecule has 43 heavy (non-hydrogen) atoms. The highest BCUT2D eigenvalue weighted by Gasteiger charge is 2.32. The van der Waals surface area contributed by atoms with Crippen LogP contribution in [0, 0.1) is 11.8 Å². The van der Waals surface area contributed by atoms with Gasteiger partial charge in [-0.3, -0.25) is 0 Å². The lowest BCUT2D eigenvalue weighted by molar-refractivity contribution is -0.206. The normalized spacial score (nSPS) is 23.0. The van der Waals surface area contributed by atoms with Gasteiger partial charge in [0.05, 0.1) is 37.6 Å². The first-order valence-corrected chi connectivity index (χ1v) is 15.3. The maximum Gasteiger partial charge on any atom is 0.416 e. The van der Waals surface area contributed by atoms with E-state index in [0.717, 1.165) is 49.9 Å². The quantitative estimate of drug-likeness (QED) is 0.186. The van der Waals surface area contributed by atoms with Crippen LogP contribution in [0.3, 0.4) is 0 Å². The third-order valence-corrected chi connectivity index (χ3v) is 7.64. The molecule has 2 fully saturated rings. The Labute approximate surface area is 251 Å². The van der Waals surface area contributed by atoms with Gasteiger partial charge >= 0.3 is 12.4 Å². The van der Waals surface area contributed by atoms with Crippen LogP contribution in [0.4, 0.5) is 26.3 Å². The van der Waals surface area contributed by atoms with E-state index >= 15 is 0 Å². The summed E-state index contributed by atoms with van der Waals surface area (Å²) >= 11 is 0. The largest absolute Gasteiger partial charge is 0.416 e. The molecule has 2 aromatic carbocycles. The molecule has 10 heteroatoms. The predicted molar refractivity (Wildman–Crippen MR) is 152 cm³/mol. The fourth-order valence-electron chi connectivity index (χ4n) is 4.99. The minimum atomic E-state index is -4.31. The van der Waals surface area contributed by atoms with Gasteiger partial charge in [0.2, 0.25) is 0 Å². The first-order chi connectivity index (χ1) is 20.5. The van der Waals surface area contributed by atoms with E-state index in [1.54, 1.807) is 0 Å². The van der Waals surface area contributed by atoms with Gasteiger partial charge < -0.3 is 18.9 Å². The molecule has 2 heterocycles. The van der Waals surface area contributed by atoms with Crippen LogP contribution in [0.1, 0.15) is 106 Å². The number of hydrogen-bond donors (Lipinski definition) is 0. The van der Waals surface area contributed by atoms with Crippen molar-refractivity contribution >= 4 is 0 Å². The molecule has 0 amide bonds. The molecule has 0 saturated carbocycles. The van der Waals surface area contributed by atoms with Crippen molar-refractivity contribution in [3.8, 4) is 0 Å². The molecular weight excluding hydrogens is 574 g/mol. The van der Waals surface area contributed by atoms with E-state index in [1.165, 1.54) is 56.4 Å². The topological polar surface area (TPSA) is 36.9 Å². The van der Waals surface area contributed by atoms with Crippen molar-refractivity contribution in [3.63, 3.8) is 0 Å². The minimum absolute atomic E-state index is 0.389. The van der Waals surface area contributed by atoms with Gasteiger partial charge in [0, 0.05) is 23.0 Å². The summed E-state index contributed by atoms with van der Waals surface area (Å²) in [5, 5.41) is 0. The lowest BCUT2D eigenvalue weighted by Gasteiger charge is -2.29. The summed E-state index contributed by atoms with van der Waals surface area (Å²) in [6.07, 6.45) is 0.949. The van der Waals surface area contributed by atoms with Crippen LogP contribution in [-0.2, 0) is 31.3 Å². The lowest BCUT2D eigenvalue weighted by Crippen LogP contribution is -2.27. The number of rotatable bonds is 11. The molecule has 0 bridgehead atoms. The maximum absolute atomic E-state index is 12.5. The second-order valence-corrected chi connectivity index (χ2v) is 11.3. The van der Waals surface area contributed by atoms with Crippen LogP contribution in [0.15, 0.2) is 48.5 Å². The van der Waals surface area contributed by atoms with Crippen molar-refractivity contribution in [1.29, 1.82) is 0 Å². The molecule has 0 atom stereocenters. The van der Waals surface area contributed by atoms with Crippen LogP contribution in [0.5, 0.6) is 0 Å². The summed E-state index contributed by atoms with van der Waals surface area (Å²) < 4.78 is 97.6. The highest BCUT2D eigenvalue weighted by atomic mass is 19.4. The van der Waals surface area contributed by atoms with E-state index in [-0.39, 0.29) is 0 Å². The molecule has 0 radical (unpaired) electrons. The van der Waals surface area contributed by atoms with Crippen LogP contribution in [-0.4, -0.2) is 26.4 Å². The molecule has 4 rings (SSSR count). The Kier molecular flexibility index (Phi) is 14.3. The summed E-state index contributed by atoms with van der Waals surface area (Å²) in [7, 11) is 0. The fraction of sp³-hybridized carbons (Fsp3) is 0.636. The Morgan fingerprint density at radius 2 is 0.860 bits per heavy atom. The van der Waals surface area contributed by atoms with Gasteiger partial charge in [0.1, 0.15) is 0 Å². The van der Waals surface area contributed by atoms with Crippen molar-refractivity contribution in [1.82, 2.24) is 0 Å². The highest BCUT2D eigenvalue weighted by molar-refractivity contribution is 5.26. The molecule has 4 nitrogen and oxygen atoms in total. The zero-order chi connectivity index (χ0) is 31.3. The average molecular weight is 619 g/mol. The Hall–Kier alpha value is -2.14. The van der Waals surface area contributed by atoms with Gasteiger partial charge in [0.15, 0.2) is 12.6 Å².